The molecule has 37 heavy (non-hydrogen) atoms. The van der Waals surface area contributed by atoms with Crippen LogP contribution in [-0.2, 0) is 22.6 Å². The smallest absolute Gasteiger partial charge is 0.333 e. The summed E-state index contributed by atoms with van der Waals surface area (Å²) in [7, 11) is 1.77. The van der Waals surface area contributed by atoms with Gasteiger partial charge in [0.25, 0.3) is 0 Å². The molecule has 3 aromatic carbocycles. The van der Waals surface area contributed by atoms with E-state index >= 15 is 0 Å². The Morgan fingerprint density at radius 1 is 0.865 bits per heavy atom. The number of anilines is 1. The average Bonchev–Trinajstić information content (AvgIpc) is 2.93. The van der Waals surface area contributed by atoms with Gasteiger partial charge in [0, 0.05) is 25.7 Å². The minimum absolute atomic E-state index is 0.113. The molecule has 1 atom stereocenters. The fraction of sp³-hybridized carbons (Fsp3) is 0.355. The molecule has 0 saturated carbocycles. The van der Waals surface area contributed by atoms with Crippen LogP contribution in [0.4, 0.5) is 10.5 Å². The van der Waals surface area contributed by atoms with Crippen LogP contribution in [0.3, 0.4) is 0 Å². The number of amides is 2. The number of aliphatic carboxylic acids is 1. The molecule has 3 rings (SSSR count). The molecule has 0 heterocycles. The van der Waals surface area contributed by atoms with Gasteiger partial charge in [-0.05, 0) is 40.8 Å². The second-order valence-corrected chi connectivity index (χ2v) is 9.28. The third kappa shape index (κ3) is 9.07. The Bertz CT molecular complexity index is 1120. The zero-order valence-electron chi connectivity index (χ0n) is 21.9. The van der Waals surface area contributed by atoms with Crippen molar-refractivity contribution in [3.8, 4) is 11.1 Å². The number of unbranched alkanes of at least 4 members (excludes halogenated alkanes) is 4. The topological polar surface area (TPSA) is 78.9 Å². The third-order valence-corrected chi connectivity index (χ3v) is 6.37. The van der Waals surface area contributed by atoms with Crippen molar-refractivity contribution < 1.29 is 19.4 Å². The van der Waals surface area contributed by atoms with Gasteiger partial charge < -0.3 is 15.2 Å². The van der Waals surface area contributed by atoms with Crippen molar-refractivity contribution >= 4 is 17.7 Å². The third-order valence-electron chi connectivity index (χ3n) is 6.37. The van der Waals surface area contributed by atoms with E-state index in [0.717, 1.165) is 40.8 Å². The predicted molar refractivity (Wildman–Crippen MR) is 149 cm³/mol. The first-order chi connectivity index (χ1) is 18.0. The largest absolute Gasteiger partial charge is 0.479 e. The molecule has 0 aliphatic carbocycles. The standard InChI is InChI=1S/C31H38N2O4/c1-3-4-5-6-10-20-32-31(36)33(2)28-15-11-14-27(22-28)26-18-16-24(17-19-26)21-29(30(34)35)37-23-25-12-8-7-9-13-25/h7-9,11-19,22,29H,3-6,10,20-21,23H2,1-2H3,(H,32,36)(H,34,35)/t29-/m0/s1. The van der Waals surface area contributed by atoms with E-state index in [1.165, 1.54) is 19.3 Å². The number of hydrogen-bond donors (Lipinski definition) is 2. The van der Waals surface area contributed by atoms with Gasteiger partial charge in [-0.2, -0.15) is 0 Å². The van der Waals surface area contributed by atoms with Crippen LogP contribution in [0, 0.1) is 0 Å². The van der Waals surface area contributed by atoms with Gasteiger partial charge in [-0.25, -0.2) is 9.59 Å². The molecule has 0 aliphatic rings. The number of ether oxygens (including phenoxy) is 1. The monoisotopic (exact) mass is 502 g/mol. The molecule has 0 radical (unpaired) electrons. The van der Waals surface area contributed by atoms with E-state index in [2.05, 4.69) is 12.2 Å². The Hall–Kier alpha value is -3.64. The summed E-state index contributed by atoms with van der Waals surface area (Å²) >= 11 is 0. The van der Waals surface area contributed by atoms with Crippen LogP contribution in [-0.4, -0.2) is 36.8 Å². The van der Waals surface area contributed by atoms with E-state index in [0.29, 0.717) is 6.54 Å². The second kappa shape index (κ2) is 14.8. The quantitative estimate of drug-likeness (QED) is 0.241. The zero-order valence-corrected chi connectivity index (χ0v) is 21.9. The number of urea groups is 1. The molecule has 0 aliphatic heterocycles. The van der Waals surface area contributed by atoms with Crippen LogP contribution in [0.2, 0.25) is 0 Å². The summed E-state index contributed by atoms with van der Waals surface area (Å²) in [6.07, 6.45) is 5.14. The molecule has 2 N–H and O–H groups in total. The molecule has 0 saturated heterocycles. The second-order valence-electron chi connectivity index (χ2n) is 9.28. The maximum Gasteiger partial charge on any atom is 0.333 e. The van der Waals surface area contributed by atoms with Crippen LogP contribution in [0.5, 0.6) is 0 Å². The van der Waals surface area contributed by atoms with Crippen molar-refractivity contribution in [2.75, 3.05) is 18.5 Å². The van der Waals surface area contributed by atoms with Gasteiger partial charge in [0.2, 0.25) is 0 Å². The first-order valence-corrected chi connectivity index (χ1v) is 13.1. The Kier molecular flexibility index (Phi) is 11.2. The van der Waals surface area contributed by atoms with Gasteiger partial charge in [0.15, 0.2) is 6.10 Å². The van der Waals surface area contributed by atoms with E-state index in [4.69, 9.17) is 4.74 Å². The van der Waals surface area contributed by atoms with Gasteiger partial charge >= 0.3 is 12.0 Å². The van der Waals surface area contributed by atoms with Gasteiger partial charge in [0.1, 0.15) is 0 Å². The highest BCUT2D eigenvalue weighted by atomic mass is 16.5. The lowest BCUT2D eigenvalue weighted by atomic mass is 10.0. The fourth-order valence-electron chi connectivity index (χ4n) is 4.09. The molecule has 6 nitrogen and oxygen atoms in total. The molecule has 196 valence electrons. The van der Waals surface area contributed by atoms with Crippen molar-refractivity contribution in [3.05, 3.63) is 90.0 Å². The number of carbonyl (C=O) groups excluding carboxylic acids is 1. The molecule has 2 amide bonds. The fourth-order valence-corrected chi connectivity index (χ4v) is 4.09. The molecule has 6 heteroatoms. The molecule has 0 bridgehead atoms. The van der Waals surface area contributed by atoms with E-state index < -0.39 is 12.1 Å². The summed E-state index contributed by atoms with van der Waals surface area (Å²) in [6, 6.07) is 25.1. The van der Waals surface area contributed by atoms with Gasteiger partial charge in [-0.15, -0.1) is 0 Å². The number of carboxylic acid groups (broad SMARTS) is 1. The normalized spacial score (nSPS) is 11.6. The highest BCUT2D eigenvalue weighted by molar-refractivity contribution is 5.92. The van der Waals surface area contributed by atoms with Crippen molar-refractivity contribution in [2.24, 2.45) is 0 Å². The van der Waals surface area contributed by atoms with Gasteiger partial charge in [-0.1, -0.05) is 99.3 Å². The summed E-state index contributed by atoms with van der Waals surface area (Å²) in [4.78, 5) is 25.9. The molecule has 0 spiro atoms. The molecular formula is C31H38N2O4. The van der Waals surface area contributed by atoms with Crippen molar-refractivity contribution in [1.82, 2.24) is 5.32 Å². The number of benzene rings is 3. The van der Waals surface area contributed by atoms with E-state index in [1.807, 2.05) is 78.9 Å². The van der Waals surface area contributed by atoms with Crippen LogP contribution in [0.1, 0.15) is 50.2 Å². The molecule has 3 aromatic rings. The lowest BCUT2D eigenvalue weighted by Crippen LogP contribution is -2.37. The van der Waals surface area contributed by atoms with Crippen LogP contribution in [0.25, 0.3) is 11.1 Å². The van der Waals surface area contributed by atoms with Crippen LogP contribution >= 0.6 is 0 Å². The summed E-state index contributed by atoms with van der Waals surface area (Å²) in [6.45, 7) is 3.13. The van der Waals surface area contributed by atoms with Gasteiger partial charge in [-0.3, -0.25) is 4.90 Å². The number of nitrogens with zero attached hydrogens (tertiary/aromatic N) is 1. The summed E-state index contributed by atoms with van der Waals surface area (Å²) < 4.78 is 5.68. The Morgan fingerprint density at radius 2 is 1.59 bits per heavy atom. The van der Waals surface area contributed by atoms with Crippen LogP contribution in [0.15, 0.2) is 78.9 Å². The maximum atomic E-state index is 12.6. The number of rotatable bonds is 14. The van der Waals surface area contributed by atoms with E-state index in [-0.39, 0.29) is 19.1 Å². The summed E-state index contributed by atoms with van der Waals surface area (Å²) in [5.74, 6) is -0.977. The molecular weight excluding hydrogens is 464 g/mol. The Labute approximate surface area is 220 Å². The minimum atomic E-state index is -0.977. The summed E-state index contributed by atoms with van der Waals surface area (Å²) in [5.41, 5.74) is 4.61. The number of carbonyl (C=O) groups is 2. The first-order valence-electron chi connectivity index (χ1n) is 13.1. The average molecular weight is 503 g/mol. The molecule has 0 unspecified atom stereocenters. The molecule has 0 fully saturated rings. The van der Waals surface area contributed by atoms with Gasteiger partial charge in [0.05, 0.1) is 6.61 Å². The highest BCUT2D eigenvalue weighted by Crippen LogP contribution is 2.25. The number of nitrogens with one attached hydrogen (secondary N) is 1. The minimum Gasteiger partial charge on any atom is -0.479 e. The SMILES string of the molecule is CCCCCCCNC(=O)N(C)c1cccc(-c2ccc(C[C@H](OCc3ccccc3)C(=O)O)cc2)c1. The highest BCUT2D eigenvalue weighted by Gasteiger charge is 2.19. The first kappa shape index (κ1) is 27.9. The van der Waals surface area contributed by atoms with Crippen molar-refractivity contribution in [3.63, 3.8) is 0 Å². The number of hydrogen-bond acceptors (Lipinski definition) is 3. The maximum absolute atomic E-state index is 12.6. The lowest BCUT2D eigenvalue weighted by molar-refractivity contribution is -0.151. The Morgan fingerprint density at radius 3 is 2.30 bits per heavy atom. The zero-order chi connectivity index (χ0) is 26.5. The van der Waals surface area contributed by atoms with E-state index in [9.17, 15) is 14.7 Å². The van der Waals surface area contributed by atoms with E-state index in [1.54, 1.807) is 11.9 Å². The van der Waals surface area contributed by atoms with Crippen molar-refractivity contribution in [2.45, 2.75) is 58.2 Å². The Balaban J connectivity index is 1.57. The predicted octanol–water partition coefficient (Wildman–Crippen LogP) is 6.68. The summed E-state index contributed by atoms with van der Waals surface area (Å²) in [5, 5.41) is 12.6. The number of carboxylic acids is 1. The van der Waals surface area contributed by atoms with Crippen LogP contribution < -0.4 is 10.2 Å². The lowest BCUT2D eigenvalue weighted by Gasteiger charge is -2.19. The van der Waals surface area contributed by atoms with Crippen molar-refractivity contribution in [1.29, 1.82) is 0 Å². The molecule has 0 aromatic heterocycles.